The number of para-hydroxylation sites is 1. The minimum absolute atomic E-state index is 0.0429. The first kappa shape index (κ1) is 26.9. The van der Waals surface area contributed by atoms with E-state index in [9.17, 15) is 9.36 Å². The van der Waals surface area contributed by atoms with E-state index in [1.807, 2.05) is 83.8 Å². The van der Waals surface area contributed by atoms with Crippen molar-refractivity contribution in [1.82, 2.24) is 0 Å². The zero-order valence-electron chi connectivity index (χ0n) is 22.3. The van der Waals surface area contributed by atoms with Gasteiger partial charge in [-0.2, -0.15) is 0 Å². The SMILES string of the molecule is COP(=O)(OC)c1ccc(-c2ccc([C@H](C)[C@@H]3CC(=O)N3c3ccccc3)c(OCc3ccccc3)c2)cc1. The van der Waals surface area contributed by atoms with Crippen molar-refractivity contribution in [3.63, 3.8) is 0 Å². The lowest BCUT2D eigenvalue weighted by molar-refractivity contribution is -0.124. The Kier molecular flexibility index (Phi) is 7.99. The van der Waals surface area contributed by atoms with Crippen LogP contribution in [0.15, 0.2) is 103 Å². The number of β-lactam (4-membered cyclic amide) rings is 1. The van der Waals surface area contributed by atoms with Gasteiger partial charge in [-0.25, -0.2) is 0 Å². The second-order valence-corrected chi connectivity index (χ2v) is 11.8. The largest absolute Gasteiger partial charge is 0.489 e. The molecule has 2 atom stereocenters. The number of hydrogen-bond acceptors (Lipinski definition) is 5. The summed E-state index contributed by atoms with van der Waals surface area (Å²) in [4.78, 5) is 14.5. The fourth-order valence-corrected chi connectivity index (χ4v) is 6.13. The number of nitrogens with zero attached hydrogens (tertiary/aromatic N) is 1. The Morgan fingerprint density at radius 3 is 2.08 bits per heavy atom. The lowest BCUT2D eigenvalue weighted by atomic mass is 9.83. The fraction of sp³-hybridized carbons (Fsp3) is 0.219. The van der Waals surface area contributed by atoms with E-state index in [4.69, 9.17) is 13.8 Å². The maximum Gasteiger partial charge on any atom is 0.360 e. The third-order valence-corrected chi connectivity index (χ3v) is 9.23. The van der Waals surface area contributed by atoms with Gasteiger partial charge in [0, 0.05) is 32.2 Å². The summed E-state index contributed by atoms with van der Waals surface area (Å²) >= 11 is 0. The summed E-state index contributed by atoms with van der Waals surface area (Å²) in [7, 11) is -0.566. The van der Waals surface area contributed by atoms with Gasteiger partial charge in [-0.1, -0.05) is 79.7 Å². The lowest BCUT2D eigenvalue weighted by Gasteiger charge is -2.44. The van der Waals surface area contributed by atoms with Crippen molar-refractivity contribution in [2.75, 3.05) is 19.1 Å². The van der Waals surface area contributed by atoms with Gasteiger partial charge in [0.1, 0.15) is 12.4 Å². The molecule has 0 aliphatic carbocycles. The van der Waals surface area contributed by atoms with Gasteiger partial charge in [0.25, 0.3) is 0 Å². The van der Waals surface area contributed by atoms with Crippen LogP contribution >= 0.6 is 7.60 Å². The molecular weight excluding hydrogens is 509 g/mol. The van der Waals surface area contributed by atoms with Crippen molar-refractivity contribution in [3.05, 3.63) is 114 Å². The molecule has 7 heteroatoms. The molecule has 0 saturated carbocycles. The van der Waals surface area contributed by atoms with E-state index in [-0.39, 0.29) is 17.9 Å². The highest BCUT2D eigenvalue weighted by Gasteiger charge is 2.41. The maximum absolute atomic E-state index is 12.8. The van der Waals surface area contributed by atoms with Crippen molar-refractivity contribution in [2.45, 2.75) is 31.9 Å². The number of rotatable bonds is 10. The van der Waals surface area contributed by atoms with Crippen molar-refractivity contribution in [3.8, 4) is 16.9 Å². The average Bonchev–Trinajstić information content (AvgIpc) is 2.99. The Balaban J connectivity index is 1.47. The molecule has 0 N–H and O–H groups in total. The first-order chi connectivity index (χ1) is 18.9. The number of carbonyl (C=O) groups excluding carboxylic acids is 1. The minimum Gasteiger partial charge on any atom is -0.489 e. The molecule has 1 aliphatic heterocycles. The molecule has 0 radical (unpaired) electrons. The van der Waals surface area contributed by atoms with Crippen LogP contribution in [-0.2, 0) is 25.0 Å². The first-order valence-electron chi connectivity index (χ1n) is 12.9. The van der Waals surface area contributed by atoms with E-state index in [1.165, 1.54) is 14.2 Å². The zero-order chi connectivity index (χ0) is 27.4. The van der Waals surface area contributed by atoms with Crippen LogP contribution in [0.4, 0.5) is 5.69 Å². The van der Waals surface area contributed by atoms with E-state index in [1.54, 1.807) is 12.1 Å². The van der Waals surface area contributed by atoms with E-state index in [0.717, 1.165) is 33.7 Å². The molecule has 0 aromatic heterocycles. The minimum atomic E-state index is -3.32. The molecule has 4 aromatic carbocycles. The second kappa shape index (κ2) is 11.6. The molecule has 200 valence electrons. The summed E-state index contributed by atoms with van der Waals surface area (Å²) in [6.45, 7) is 2.58. The Hall–Kier alpha value is -3.70. The van der Waals surface area contributed by atoms with Gasteiger partial charge >= 0.3 is 7.60 Å². The molecule has 1 aliphatic rings. The normalized spacial score (nSPS) is 16.0. The molecule has 0 spiro atoms. The van der Waals surface area contributed by atoms with E-state index in [0.29, 0.717) is 18.3 Å². The van der Waals surface area contributed by atoms with Crippen LogP contribution in [0.3, 0.4) is 0 Å². The summed E-state index contributed by atoms with van der Waals surface area (Å²) in [6.07, 6.45) is 0.496. The third-order valence-electron chi connectivity index (χ3n) is 7.33. The number of amides is 1. The lowest BCUT2D eigenvalue weighted by Crippen LogP contribution is -2.55. The second-order valence-electron chi connectivity index (χ2n) is 9.60. The standard InChI is InChI=1S/C32H32NO5P/c1-23(30-21-32(34)33(30)27-12-8-5-9-13-27)29-19-16-26(20-31(29)38-22-24-10-6-4-7-11-24)25-14-17-28(18-15-25)39(35,36-2)37-3/h4-20,23,30H,21-22H2,1-3H3/t23-,30-/m0/s1. The third kappa shape index (κ3) is 5.55. The van der Waals surface area contributed by atoms with Crippen molar-refractivity contribution in [1.29, 1.82) is 0 Å². The van der Waals surface area contributed by atoms with Crippen molar-refractivity contribution < 1.29 is 23.1 Å². The van der Waals surface area contributed by atoms with Crippen LogP contribution in [0.25, 0.3) is 11.1 Å². The predicted octanol–water partition coefficient (Wildman–Crippen LogP) is 6.95. The van der Waals surface area contributed by atoms with Gasteiger partial charge < -0.3 is 18.7 Å². The number of benzene rings is 4. The van der Waals surface area contributed by atoms with Crippen LogP contribution in [0.2, 0.25) is 0 Å². The Morgan fingerprint density at radius 1 is 0.846 bits per heavy atom. The number of hydrogen-bond donors (Lipinski definition) is 0. The van der Waals surface area contributed by atoms with Crippen LogP contribution in [0, 0.1) is 0 Å². The van der Waals surface area contributed by atoms with Crippen LogP contribution in [0.1, 0.15) is 30.4 Å². The van der Waals surface area contributed by atoms with Gasteiger partial charge in [0.05, 0.1) is 11.3 Å². The Morgan fingerprint density at radius 2 is 1.46 bits per heavy atom. The summed E-state index contributed by atoms with van der Waals surface area (Å²) < 4.78 is 29.4. The topological polar surface area (TPSA) is 65.1 Å². The molecule has 1 amide bonds. The quantitative estimate of drug-likeness (QED) is 0.161. The van der Waals surface area contributed by atoms with E-state index < -0.39 is 7.60 Å². The zero-order valence-corrected chi connectivity index (χ0v) is 23.2. The highest BCUT2D eigenvalue weighted by molar-refractivity contribution is 7.62. The average molecular weight is 542 g/mol. The van der Waals surface area contributed by atoms with Crippen LogP contribution in [0.5, 0.6) is 5.75 Å². The molecule has 5 rings (SSSR count). The number of ether oxygens (including phenoxy) is 1. The number of anilines is 1. The monoisotopic (exact) mass is 541 g/mol. The molecule has 0 bridgehead atoms. The highest BCUT2D eigenvalue weighted by Crippen LogP contribution is 2.45. The fourth-order valence-electron chi connectivity index (χ4n) is 5.05. The Bertz CT molecular complexity index is 1470. The van der Waals surface area contributed by atoms with Gasteiger partial charge in [-0.15, -0.1) is 0 Å². The molecule has 4 aromatic rings. The molecule has 6 nitrogen and oxygen atoms in total. The van der Waals surface area contributed by atoms with Gasteiger partial charge in [-0.3, -0.25) is 9.36 Å². The van der Waals surface area contributed by atoms with Crippen LogP contribution in [-0.4, -0.2) is 26.2 Å². The Labute approximate surface area is 229 Å². The summed E-state index contributed by atoms with van der Waals surface area (Å²) in [5.41, 5.74) is 4.96. The smallest absolute Gasteiger partial charge is 0.360 e. The highest BCUT2D eigenvalue weighted by atomic mass is 31.2. The molecule has 1 fully saturated rings. The number of carbonyl (C=O) groups is 1. The van der Waals surface area contributed by atoms with Gasteiger partial charge in [-0.05, 0) is 52.6 Å². The molecule has 39 heavy (non-hydrogen) atoms. The maximum atomic E-state index is 12.8. The molecule has 1 saturated heterocycles. The van der Waals surface area contributed by atoms with Crippen molar-refractivity contribution in [2.24, 2.45) is 0 Å². The summed E-state index contributed by atoms with van der Waals surface area (Å²) in [5.74, 6) is 0.963. The van der Waals surface area contributed by atoms with Gasteiger partial charge in [0.2, 0.25) is 5.91 Å². The summed E-state index contributed by atoms with van der Waals surface area (Å²) in [5, 5.41) is 0.498. The van der Waals surface area contributed by atoms with Crippen LogP contribution < -0.4 is 14.9 Å². The molecular formula is C32H32NO5P. The van der Waals surface area contributed by atoms with E-state index in [2.05, 4.69) is 19.1 Å². The predicted molar refractivity (Wildman–Crippen MR) is 155 cm³/mol. The molecule has 0 unspecified atom stereocenters. The van der Waals surface area contributed by atoms with Crippen molar-refractivity contribution >= 4 is 24.5 Å². The first-order valence-corrected chi connectivity index (χ1v) is 14.5. The van der Waals surface area contributed by atoms with E-state index >= 15 is 0 Å². The summed E-state index contributed by atoms with van der Waals surface area (Å²) in [6, 6.07) is 33.5. The molecule has 1 heterocycles. The van der Waals surface area contributed by atoms with Gasteiger partial charge in [0.15, 0.2) is 0 Å².